The molecule has 0 aliphatic carbocycles. The monoisotopic (exact) mass is 281 g/mol. The molecular formula is C4HBr2N3O2. The molecule has 0 aliphatic rings. The fourth-order valence-electron chi connectivity index (χ4n) is 0.460. The summed E-state index contributed by atoms with van der Waals surface area (Å²) in [5.41, 5.74) is 0. The maximum Gasteiger partial charge on any atom is 0.397 e. The molecule has 1 aromatic heterocycles. The van der Waals surface area contributed by atoms with Crippen molar-refractivity contribution in [2.75, 3.05) is 0 Å². The average molecular weight is 283 g/mol. The number of nitrogens with zero attached hydrogens (tertiary/aromatic N) is 3. The van der Waals surface area contributed by atoms with Gasteiger partial charge in [0.15, 0.2) is 0 Å². The van der Waals surface area contributed by atoms with Crippen LogP contribution in [0.4, 0.5) is 5.82 Å². The summed E-state index contributed by atoms with van der Waals surface area (Å²) in [6.45, 7) is 0. The first-order valence-corrected chi connectivity index (χ1v) is 4.02. The molecule has 1 heterocycles. The molecule has 7 heteroatoms. The van der Waals surface area contributed by atoms with Crippen LogP contribution < -0.4 is 0 Å². The minimum Gasteiger partial charge on any atom is -0.358 e. The molecule has 0 aliphatic heterocycles. The summed E-state index contributed by atoms with van der Waals surface area (Å²) < 4.78 is 0.470. The molecule has 0 spiro atoms. The van der Waals surface area contributed by atoms with Gasteiger partial charge in [-0.2, -0.15) is 0 Å². The Morgan fingerprint density at radius 3 is 2.64 bits per heavy atom. The second-order valence-corrected chi connectivity index (χ2v) is 3.13. The van der Waals surface area contributed by atoms with Crippen molar-refractivity contribution in [2.45, 2.75) is 0 Å². The van der Waals surface area contributed by atoms with Crippen molar-refractivity contribution < 1.29 is 4.92 Å². The first kappa shape index (κ1) is 8.54. The van der Waals surface area contributed by atoms with Gasteiger partial charge in [0.05, 0.1) is 6.20 Å². The Labute approximate surface area is 78.3 Å². The third-order valence-electron chi connectivity index (χ3n) is 0.855. The summed E-state index contributed by atoms with van der Waals surface area (Å²) in [6.07, 6.45) is 1.37. The lowest BCUT2D eigenvalue weighted by molar-refractivity contribution is -0.390. The molecule has 1 aromatic rings. The van der Waals surface area contributed by atoms with E-state index in [1.807, 2.05) is 0 Å². The topological polar surface area (TPSA) is 68.9 Å². The van der Waals surface area contributed by atoms with Gasteiger partial charge in [-0.3, -0.25) is 0 Å². The number of halogens is 2. The summed E-state index contributed by atoms with van der Waals surface area (Å²) in [7, 11) is 0. The zero-order valence-electron chi connectivity index (χ0n) is 4.99. The van der Waals surface area contributed by atoms with Crippen LogP contribution >= 0.6 is 31.9 Å². The van der Waals surface area contributed by atoms with E-state index in [-0.39, 0.29) is 10.4 Å². The minimum absolute atomic E-state index is 0.130. The highest BCUT2D eigenvalue weighted by molar-refractivity contribution is 9.11. The van der Waals surface area contributed by atoms with Gasteiger partial charge in [0.25, 0.3) is 0 Å². The molecule has 0 amide bonds. The molecular weight excluding hydrogens is 282 g/mol. The standard InChI is InChI=1S/C4HBr2N3O2/c5-2-1-7-3(6)4(8-2)9(10)11/h1H. The first-order valence-electron chi connectivity index (χ1n) is 2.43. The zero-order chi connectivity index (χ0) is 8.43. The van der Waals surface area contributed by atoms with Crippen LogP contribution in [0.1, 0.15) is 0 Å². The average Bonchev–Trinajstić information content (AvgIpc) is 1.94. The van der Waals surface area contributed by atoms with Gasteiger partial charge in [-0.15, -0.1) is 0 Å². The smallest absolute Gasteiger partial charge is 0.358 e. The van der Waals surface area contributed by atoms with Crippen molar-refractivity contribution >= 4 is 37.7 Å². The maximum absolute atomic E-state index is 10.2. The van der Waals surface area contributed by atoms with E-state index in [9.17, 15) is 10.1 Å². The summed E-state index contributed by atoms with van der Waals surface area (Å²) in [4.78, 5) is 16.9. The highest BCUT2D eigenvalue weighted by Crippen LogP contribution is 2.20. The van der Waals surface area contributed by atoms with Gasteiger partial charge in [-0.1, -0.05) is 0 Å². The van der Waals surface area contributed by atoms with Crippen LogP contribution in [0, 0.1) is 10.1 Å². The van der Waals surface area contributed by atoms with Crippen LogP contribution in [0.5, 0.6) is 0 Å². The lowest BCUT2D eigenvalue weighted by Crippen LogP contribution is -1.95. The molecule has 0 N–H and O–H groups in total. The number of hydrogen-bond acceptors (Lipinski definition) is 4. The van der Waals surface area contributed by atoms with Crippen LogP contribution in [0.3, 0.4) is 0 Å². The third kappa shape index (κ3) is 1.93. The Kier molecular flexibility index (Phi) is 2.50. The molecule has 5 nitrogen and oxygen atoms in total. The minimum atomic E-state index is -0.609. The molecule has 0 radical (unpaired) electrons. The Morgan fingerprint density at radius 2 is 2.18 bits per heavy atom. The lowest BCUT2D eigenvalue weighted by atomic mass is 10.7. The molecule has 1 rings (SSSR count). The van der Waals surface area contributed by atoms with E-state index < -0.39 is 4.92 Å². The van der Waals surface area contributed by atoms with Crippen LogP contribution in [0.2, 0.25) is 0 Å². The van der Waals surface area contributed by atoms with Crippen molar-refractivity contribution in [1.29, 1.82) is 0 Å². The lowest BCUT2D eigenvalue weighted by Gasteiger charge is -1.92. The molecule has 0 bridgehead atoms. The summed E-state index contributed by atoms with van der Waals surface area (Å²) in [5.74, 6) is -0.292. The molecule has 0 unspecified atom stereocenters. The van der Waals surface area contributed by atoms with Crippen LogP contribution in [-0.4, -0.2) is 14.9 Å². The number of aromatic nitrogens is 2. The van der Waals surface area contributed by atoms with Crippen LogP contribution in [0.15, 0.2) is 15.4 Å². The highest BCUT2D eigenvalue weighted by Gasteiger charge is 2.15. The Morgan fingerprint density at radius 1 is 1.55 bits per heavy atom. The van der Waals surface area contributed by atoms with E-state index >= 15 is 0 Å². The molecule has 11 heavy (non-hydrogen) atoms. The van der Waals surface area contributed by atoms with Crippen molar-refractivity contribution in [1.82, 2.24) is 9.97 Å². The fourth-order valence-corrected chi connectivity index (χ4v) is 1.07. The predicted molar refractivity (Wildman–Crippen MR) is 44.1 cm³/mol. The van der Waals surface area contributed by atoms with E-state index in [1.54, 1.807) is 0 Å². The number of nitro groups is 1. The summed E-state index contributed by atoms with van der Waals surface area (Å²) >= 11 is 5.86. The molecule has 0 saturated carbocycles. The van der Waals surface area contributed by atoms with Crippen LogP contribution in [0.25, 0.3) is 0 Å². The van der Waals surface area contributed by atoms with E-state index in [4.69, 9.17) is 0 Å². The largest absolute Gasteiger partial charge is 0.397 e. The Bertz CT molecular complexity index is 303. The van der Waals surface area contributed by atoms with E-state index in [2.05, 4.69) is 41.8 Å². The summed E-state index contributed by atoms with van der Waals surface area (Å²) in [6, 6.07) is 0. The molecule has 0 aromatic carbocycles. The summed E-state index contributed by atoms with van der Waals surface area (Å²) in [5, 5.41) is 10.2. The maximum atomic E-state index is 10.2. The van der Waals surface area contributed by atoms with Crippen molar-refractivity contribution in [3.8, 4) is 0 Å². The molecule has 0 saturated heterocycles. The van der Waals surface area contributed by atoms with E-state index in [0.29, 0.717) is 4.60 Å². The van der Waals surface area contributed by atoms with Crippen LogP contribution in [-0.2, 0) is 0 Å². The molecule has 58 valence electrons. The van der Waals surface area contributed by atoms with Gasteiger partial charge in [0, 0.05) is 15.9 Å². The normalized spacial score (nSPS) is 9.64. The van der Waals surface area contributed by atoms with Gasteiger partial charge >= 0.3 is 5.82 Å². The van der Waals surface area contributed by atoms with Gasteiger partial charge < -0.3 is 10.1 Å². The third-order valence-corrected chi connectivity index (χ3v) is 1.80. The highest BCUT2D eigenvalue weighted by atomic mass is 79.9. The Hall–Kier alpha value is -0.560. The fraction of sp³-hybridized carbons (Fsp3) is 0. The van der Waals surface area contributed by atoms with Crippen molar-refractivity contribution in [3.05, 3.63) is 25.5 Å². The van der Waals surface area contributed by atoms with E-state index in [0.717, 1.165) is 0 Å². The quantitative estimate of drug-likeness (QED) is 0.583. The second-order valence-electron chi connectivity index (χ2n) is 1.56. The molecule has 0 fully saturated rings. The zero-order valence-corrected chi connectivity index (χ0v) is 8.16. The van der Waals surface area contributed by atoms with Gasteiger partial charge in [0.1, 0.15) is 0 Å². The van der Waals surface area contributed by atoms with Gasteiger partial charge in [-0.05, 0) is 25.8 Å². The van der Waals surface area contributed by atoms with Crippen molar-refractivity contribution in [2.24, 2.45) is 0 Å². The number of hydrogen-bond donors (Lipinski definition) is 0. The number of rotatable bonds is 1. The molecule has 0 atom stereocenters. The SMILES string of the molecule is O=[N+]([O-])c1nc(Br)cnc1Br. The predicted octanol–water partition coefficient (Wildman–Crippen LogP) is 1.91. The van der Waals surface area contributed by atoms with E-state index in [1.165, 1.54) is 6.20 Å². The second kappa shape index (κ2) is 3.22. The van der Waals surface area contributed by atoms with Gasteiger partial charge in [-0.25, -0.2) is 4.98 Å². The van der Waals surface area contributed by atoms with Crippen molar-refractivity contribution in [3.63, 3.8) is 0 Å². The Balaban J connectivity index is 3.23. The van der Waals surface area contributed by atoms with Gasteiger partial charge in [0.2, 0.25) is 9.21 Å². The first-order chi connectivity index (χ1) is 5.11.